The number of H-pyrrole nitrogens is 1. The maximum atomic E-state index is 4.79. The quantitative estimate of drug-likeness (QED) is 0.869. The normalized spacial score (nSPS) is 32.4. The Bertz CT molecular complexity index is 480. The largest absolute Gasteiger partial charge is 0.336 e. The van der Waals surface area contributed by atoms with Crippen molar-refractivity contribution in [3.05, 3.63) is 5.82 Å². The van der Waals surface area contributed by atoms with Crippen LogP contribution in [0, 0.1) is 10.8 Å². The average Bonchev–Trinajstić information content (AvgIpc) is 2.67. The van der Waals surface area contributed by atoms with Gasteiger partial charge in [0.25, 0.3) is 0 Å². The standard InChI is InChI=1S/C15H27N5/c1-9-7-20(8-10(2)16-9)13-17-12(18-19-13)11-14(3,4)15(11,5)6/h9-11,16H,7-8H2,1-6H3,(H,17,18,19). The molecule has 3 rings (SSSR count). The smallest absolute Gasteiger partial charge is 0.244 e. The van der Waals surface area contributed by atoms with E-state index in [2.05, 4.69) is 62.0 Å². The van der Waals surface area contributed by atoms with Crippen LogP contribution in [0.5, 0.6) is 0 Å². The number of anilines is 1. The van der Waals surface area contributed by atoms with Gasteiger partial charge in [0.15, 0.2) is 0 Å². The summed E-state index contributed by atoms with van der Waals surface area (Å²) in [6, 6.07) is 0.962. The van der Waals surface area contributed by atoms with E-state index < -0.39 is 0 Å². The molecule has 2 unspecified atom stereocenters. The van der Waals surface area contributed by atoms with Crippen LogP contribution >= 0.6 is 0 Å². The fourth-order valence-corrected chi connectivity index (χ4v) is 3.91. The molecule has 5 nitrogen and oxygen atoms in total. The lowest BCUT2D eigenvalue weighted by Gasteiger charge is -2.35. The minimum absolute atomic E-state index is 0.299. The zero-order valence-corrected chi connectivity index (χ0v) is 13.5. The van der Waals surface area contributed by atoms with Gasteiger partial charge in [-0.15, -0.1) is 5.10 Å². The van der Waals surface area contributed by atoms with Gasteiger partial charge in [0.2, 0.25) is 5.95 Å². The average molecular weight is 277 g/mol. The summed E-state index contributed by atoms with van der Waals surface area (Å²) in [5, 5.41) is 11.2. The first-order valence-corrected chi connectivity index (χ1v) is 7.67. The minimum Gasteiger partial charge on any atom is -0.336 e. The topological polar surface area (TPSA) is 56.8 Å². The summed E-state index contributed by atoms with van der Waals surface area (Å²) in [6.07, 6.45) is 0. The molecule has 20 heavy (non-hydrogen) atoms. The molecular formula is C15H27N5. The molecule has 1 aliphatic carbocycles. The van der Waals surface area contributed by atoms with Crippen molar-refractivity contribution in [3.8, 4) is 0 Å². The molecule has 1 saturated heterocycles. The second-order valence-electron chi connectivity index (χ2n) is 7.77. The molecule has 112 valence electrons. The van der Waals surface area contributed by atoms with E-state index in [0.29, 0.717) is 28.8 Å². The number of hydrogen-bond donors (Lipinski definition) is 2. The van der Waals surface area contributed by atoms with Crippen LogP contribution in [0.1, 0.15) is 53.3 Å². The van der Waals surface area contributed by atoms with Gasteiger partial charge in [-0.25, -0.2) is 0 Å². The Balaban J connectivity index is 1.78. The zero-order valence-electron chi connectivity index (χ0n) is 13.5. The van der Waals surface area contributed by atoms with E-state index >= 15 is 0 Å². The summed E-state index contributed by atoms with van der Waals surface area (Å²) >= 11 is 0. The van der Waals surface area contributed by atoms with Crippen LogP contribution in [0.15, 0.2) is 0 Å². The number of rotatable bonds is 2. The highest BCUT2D eigenvalue weighted by Gasteiger charge is 2.66. The van der Waals surface area contributed by atoms with Crippen LogP contribution in [0.3, 0.4) is 0 Å². The summed E-state index contributed by atoms with van der Waals surface area (Å²) < 4.78 is 0. The van der Waals surface area contributed by atoms with Crippen molar-refractivity contribution < 1.29 is 0 Å². The van der Waals surface area contributed by atoms with Crippen molar-refractivity contribution in [2.45, 2.75) is 59.5 Å². The Morgan fingerprint density at radius 3 is 2.10 bits per heavy atom. The predicted octanol–water partition coefficient (Wildman–Crippen LogP) is 2.14. The zero-order chi connectivity index (χ0) is 14.7. The third-order valence-corrected chi connectivity index (χ3v) is 5.63. The number of nitrogens with one attached hydrogen (secondary N) is 2. The summed E-state index contributed by atoms with van der Waals surface area (Å²) in [5.41, 5.74) is 0.599. The first-order chi connectivity index (χ1) is 9.23. The molecule has 1 aromatic rings. The highest BCUT2D eigenvalue weighted by atomic mass is 15.4. The van der Waals surface area contributed by atoms with E-state index in [4.69, 9.17) is 4.98 Å². The van der Waals surface area contributed by atoms with Gasteiger partial charge in [-0.1, -0.05) is 27.7 Å². The molecule has 2 fully saturated rings. The lowest BCUT2D eigenvalue weighted by atomic mass is 10.0. The molecule has 0 aromatic carbocycles. The van der Waals surface area contributed by atoms with Gasteiger partial charge in [-0.3, -0.25) is 5.10 Å². The Hall–Kier alpha value is -1.10. The van der Waals surface area contributed by atoms with E-state index in [1.54, 1.807) is 0 Å². The second kappa shape index (κ2) is 4.20. The number of hydrogen-bond acceptors (Lipinski definition) is 4. The second-order valence-corrected chi connectivity index (χ2v) is 7.77. The van der Waals surface area contributed by atoms with Crippen molar-refractivity contribution in [3.63, 3.8) is 0 Å². The fraction of sp³-hybridized carbons (Fsp3) is 0.867. The van der Waals surface area contributed by atoms with Crippen LogP contribution in [-0.4, -0.2) is 40.4 Å². The molecule has 2 heterocycles. The van der Waals surface area contributed by atoms with Crippen LogP contribution in [-0.2, 0) is 0 Å². The lowest BCUT2D eigenvalue weighted by Crippen LogP contribution is -2.54. The van der Waals surface area contributed by atoms with Crippen LogP contribution in [0.25, 0.3) is 0 Å². The first-order valence-electron chi connectivity index (χ1n) is 7.67. The Morgan fingerprint density at radius 2 is 1.60 bits per heavy atom. The third-order valence-electron chi connectivity index (χ3n) is 5.63. The molecule has 2 N–H and O–H groups in total. The van der Waals surface area contributed by atoms with Crippen molar-refractivity contribution in [2.75, 3.05) is 18.0 Å². The molecule has 1 aliphatic heterocycles. The monoisotopic (exact) mass is 277 g/mol. The summed E-state index contributed by atoms with van der Waals surface area (Å²) in [5.74, 6) is 2.39. The number of aromatic nitrogens is 3. The van der Waals surface area contributed by atoms with Gasteiger partial charge in [0.05, 0.1) is 0 Å². The number of nitrogens with zero attached hydrogens (tertiary/aromatic N) is 3. The van der Waals surface area contributed by atoms with Gasteiger partial charge in [0.1, 0.15) is 5.82 Å². The Kier molecular flexibility index (Phi) is 2.91. The van der Waals surface area contributed by atoms with E-state index in [0.717, 1.165) is 24.9 Å². The maximum absolute atomic E-state index is 4.79. The SMILES string of the molecule is CC1CN(c2n[nH]c(C3C(C)(C)C3(C)C)n2)CC(C)N1. The molecule has 0 spiro atoms. The molecule has 0 radical (unpaired) electrons. The Morgan fingerprint density at radius 1 is 1.05 bits per heavy atom. The van der Waals surface area contributed by atoms with Crippen LogP contribution in [0.2, 0.25) is 0 Å². The van der Waals surface area contributed by atoms with E-state index in [-0.39, 0.29) is 0 Å². The van der Waals surface area contributed by atoms with Gasteiger partial charge in [-0.2, -0.15) is 4.98 Å². The van der Waals surface area contributed by atoms with Crippen molar-refractivity contribution in [1.82, 2.24) is 20.5 Å². The van der Waals surface area contributed by atoms with Crippen molar-refractivity contribution >= 4 is 5.95 Å². The predicted molar refractivity (Wildman–Crippen MR) is 81.0 cm³/mol. The Labute approximate surface area is 121 Å². The molecule has 2 aliphatic rings. The van der Waals surface area contributed by atoms with Gasteiger partial charge < -0.3 is 10.2 Å². The van der Waals surface area contributed by atoms with Crippen LogP contribution in [0.4, 0.5) is 5.95 Å². The lowest BCUT2D eigenvalue weighted by molar-refractivity contribution is 0.403. The van der Waals surface area contributed by atoms with E-state index in [9.17, 15) is 0 Å². The highest BCUT2D eigenvalue weighted by molar-refractivity contribution is 5.35. The molecule has 1 aromatic heterocycles. The van der Waals surface area contributed by atoms with Crippen LogP contribution < -0.4 is 10.2 Å². The summed E-state index contributed by atoms with van der Waals surface area (Å²) in [7, 11) is 0. The summed E-state index contributed by atoms with van der Waals surface area (Å²) in [6.45, 7) is 15.6. The fourth-order valence-electron chi connectivity index (χ4n) is 3.91. The van der Waals surface area contributed by atoms with E-state index in [1.165, 1.54) is 0 Å². The molecule has 5 heteroatoms. The number of piperazine rings is 1. The molecule has 0 amide bonds. The molecular weight excluding hydrogens is 250 g/mol. The van der Waals surface area contributed by atoms with Gasteiger partial charge >= 0.3 is 0 Å². The van der Waals surface area contributed by atoms with Crippen molar-refractivity contribution in [1.29, 1.82) is 0 Å². The van der Waals surface area contributed by atoms with E-state index in [1.807, 2.05) is 0 Å². The molecule has 2 atom stereocenters. The molecule has 1 saturated carbocycles. The molecule has 0 bridgehead atoms. The third kappa shape index (κ3) is 1.94. The highest BCUT2D eigenvalue weighted by Crippen LogP contribution is 2.72. The van der Waals surface area contributed by atoms with Crippen molar-refractivity contribution in [2.24, 2.45) is 10.8 Å². The number of aromatic amines is 1. The maximum Gasteiger partial charge on any atom is 0.244 e. The first kappa shape index (κ1) is 13.9. The van der Waals surface area contributed by atoms with Gasteiger partial charge in [0, 0.05) is 31.1 Å². The minimum atomic E-state index is 0.299. The summed E-state index contributed by atoms with van der Waals surface area (Å²) in [4.78, 5) is 7.07. The van der Waals surface area contributed by atoms with Gasteiger partial charge in [-0.05, 0) is 24.7 Å².